The fraction of sp³-hybridized carbons (Fsp3) is 0.250. The molecule has 1 heterocycles. The van der Waals surface area contributed by atoms with E-state index in [9.17, 15) is 8.42 Å². The lowest BCUT2D eigenvalue weighted by molar-refractivity contribution is 0.561. The van der Waals surface area contributed by atoms with E-state index < -0.39 is 10.0 Å². The molecule has 2 rings (SSSR count). The summed E-state index contributed by atoms with van der Waals surface area (Å²) < 4.78 is 28.1. The number of rotatable bonds is 5. The second-order valence-corrected chi connectivity index (χ2v) is 8.75. The zero-order valence-electron chi connectivity index (χ0n) is 10.5. The SMILES string of the molecule is CC(Cc1ccc(Br)cc1)NS(=O)(=O)c1cnc(Cl)s1. The number of sulfonamides is 1. The van der Waals surface area contributed by atoms with E-state index in [2.05, 4.69) is 25.6 Å². The highest BCUT2D eigenvalue weighted by Gasteiger charge is 2.20. The molecule has 0 fully saturated rings. The van der Waals surface area contributed by atoms with Gasteiger partial charge in [-0.05, 0) is 31.0 Å². The molecule has 0 amide bonds. The van der Waals surface area contributed by atoms with Gasteiger partial charge in [0.05, 0.1) is 6.20 Å². The highest BCUT2D eigenvalue weighted by atomic mass is 79.9. The molecule has 2 aromatic rings. The molecule has 8 heteroatoms. The summed E-state index contributed by atoms with van der Waals surface area (Å²) in [5.41, 5.74) is 1.06. The molecule has 1 aromatic carbocycles. The summed E-state index contributed by atoms with van der Waals surface area (Å²) in [5, 5.41) is 0. The van der Waals surface area contributed by atoms with Crippen molar-refractivity contribution >= 4 is 48.9 Å². The summed E-state index contributed by atoms with van der Waals surface area (Å²) in [6.07, 6.45) is 1.88. The Morgan fingerprint density at radius 2 is 2.05 bits per heavy atom. The maximum absolute atomic E-state index is 12.1. The minimum atomic E-state index is -3.55. The highest BCUT2D eigenvalue weighted by molar-refractivity contribution is 9.10. The van der Waals surface area contributed by atoms with Crippen LogP contribution in [0.15, 0.2) is 39.1 Å². The Morgan fingerprint density at radius 1 is 1.40 bits per heavy atom. The molecule has 1 aromatic heterocycles. The Hall–Kier alpha value is -0.470. The number of benzene rings is 1. The maximum Gasteiger partial charge on any atom is 0.251 e. The van der Waals surface area contributed by atoms with Crippen molar-refractivity contribution in [2.24, 2.45) is 0 Å². The fourth-order valence-electron chi connectivity index (χ4n) is 1.70. The quantitative estimate of drug-likeness (QED) is 0.843. The molecule has 108 valence electrons. The predicted octanol–water partition coefficient (Wildman–Crippen LogP) is 3.47. The van der Waals surface area contributed by atoms with Crippen molar-refractivity contribution in [3.05, 3.63) is 45.0 Å². The van der Waals surface area contributed by atoms with Crippen LogP contribution in [0.5, 0.6) is 0 Å². The van der Waals surface area contributed by atoms with E-state index in [-0.39, 0.29) is 14.7 Å². The van der Waals surface area contributed by atoms with Crippen LogP contribution in [-0.2, 0) is 16.4 Å². The Kier molecular flexibility index (Phi) is 5.19. The number of hydrogen-bond donors (Lipinski definition) is 1. The first kappa shape index (κ1) is 15.9. The lowest BCUT2D eigenvalue weighted by Gasteiger charge is -2.13. The van der Waals surface area contributed by atoms with Gasteiger partial charge in [0.1, 0.15) is 0 Å². The van der Waals surface area contributed by atoms with Gasteiger partial charge in [0.25, 0.3) is 10.0 Å². The van der Waals surface area contributed by atoms with Crippen LogP contribution in [0.25, 0.3) is 0 Å². The van der Waals surface area contributed by atoms with Crippen LogP contribution < -0.4 is 4.72 Å². The van der Waals surface area contributed by atoms with Crippen molar-refractivity contribution in [2.45, 2.75) is 23.6 Å². The molecule has 4 nitrogen and oxygen atoms in total. The molecular weight excluding hydrogens is 384 g/mol. The van der Waals surface area contributed by atoms with Crippen LogP contribution in [-0.4, -0.2) is 19.4 Å². The maximum atomic E-state index is 12.1. The van der Waals surface area contributed by atoms with Gasteiger partial charge in [-0.1, -0.05) is 51.0 Å². The van der Waals surface area contributed by atoms with Crippen molar-refractivity contribution in [3.8, 4) is 0 Å². The molecule has 0 radical (unpaired) electrons. The summed E-state index contributed by atoms with van der Waals surface area (Å²) in [4.78, 5) is 3.74. The monoisotopic (exact) mass is 394 g/mol. The molecule has 1 unspecified atom stereocenters. The van der Waals surface area contributed by atoms with E-state index in [1.165, 1.54) is 6.20 Å². The zero-order chi connectivity index (χ0) is 14.8. The third kappa shape index (κ3) is 4.26. The summed E-state index contributed by atoms with van der Waals surface area (Å²) in [6.45, 7) is 1.82. The standard InChI is InChI=1S/C12H12BrClN2O2S2/c1-8(6-9-2-4-10(13)5-3-9)16-20(17,18)11-7-15-12(14)19-11/h2-5,7-8,16H,6H2,1H3. The molecule has 0 saturated heterocycles. The Bertz CT molecular complexity index is 686. The van der Waals surface area contributed by atoms with Gasteiger partial charge in [0.2, 0.25) is 0 Å². The van der Waals surface area contributed by atoms with Gasteiger partial charge in [0.15, 0.2) is 8.68 Å². The second-order valence-electron chi connectivity index (χ2n) is 4.29. The fourth-order valence-corrected chi connectivity index (χ4v) is 4.52. The van der Waals surface area contributed by atoms with Crippen LogP contribution in [0.1, 0.15) is 12.5 Å². The first-order valence-electron chi connectivity index (χ1n) is 5.75. The van der Waals surface area contributed by atoms with Crippen molar-refractivity contribution in [1.29, 1.82) is 0 Å². The van der Waals surface area contributed by atoms with Crippen LogP contribution in [0.2, 0.25) is 4.47 Å². The first-order valence-corrected chi connectivity index (χ1v) is 9.22. The van der Waals surface area contributed by atoms with E-state index in [4.69, 9.17) is 11.6 Å². The van der Waals surface area contributed by atoms with Gasteiger partial charge >= 0.3 is 0 Å². The Morgan fingerprint density at radius 3 is 2.60 bits per heavy atom. The topological polar surface area (TPSA) is 59.1 Å². The van der Waals surface area contributed by atoms with Crippen molar-refractivity contribution in [3.63, 3.8) is 0 Å². The van der Waals surface area contributed by atoms with E-state index in [1.807, 2.05) is 31.2 Å². The normalized spacial score (nSPS) is 13.3. The van der Waals surface area contributed by atoms with E-state index in [0.29, 0.717) is 6.42 Å². The van der Waals surface area contributed by atoms with E-state index in [1.54, 1.807) is 0 Å². The number of halogens is 2. The zero-order valence-corrected chi connectivity index (χ0v) is 14.5. The smallest absolute Gasteiger partial charge is 0.232 e. The second kappa shape index (κ2) is 6.53. The van der Waals surface area contributed by atoms with Gasteiger partial charge in [-0.2, -0.15) is 0 Å². The minimum absolute atomic E-state index is 0.130. The van der Waals surface area contributed by atoms with E-state index in [0.717, 1.165) is 21.4 Å². The molecule has 0 aliphatic rings. The summed E-state index contributed by atoms with van der Waals surface area (Å²) in [5.74, 6) is 0. The summed E-state index contributed by atoms with van der Waals surface area (Å²) in [7, 11) is -3.55. The van der Waals surface area contributed by atoms with Gasteiger partial charge in [0, 0.05) is 10.5 Å². The molecule has 0 aliphatic heterocycles. The minimum Gasteiger partial charge on any atom is -0.232 e. The van der Waals surface area contributed by atoms with Crippen LogP contribution in [0, 0.1) is 0 Å². The number of aromatic nitrogens is 1. The molecule has 0 aliphatic carbocycles. The van der Waals surface area contributed by atoms with E-state index >= 15 is 0 Å². The molecule has 20 heavy (non-hydrogen) atoms. The third-order valence-electron chi connectivity index (χ3n) is 2.53. The van der Waals surface area contributed by atoms with Crippen molar-refractivity contribution in [2.75, 3.05) is 0 Å². The van der Waals surface area contributed by atoms with Crippen molar-refractivity contribution in [1.82, 2.24) is 9.71 Å². The largest absolute Gasteiger partial charge is 0.251 e. The van der Waals surface area contributed by atoms with Gasteiger partial charge < -0.3 is 0 Å². The summed E-state index contributed by atoms with van der Waals surface area (Å²) >= 11 is 9.96. The highest BCUT2D eigenvalue weighted by Crippen LogP contribution is 2.22. The average molecular weight is 396 g/mol. The molecule has 0 saturated carbocycles. The molecular formula is C12H12BrClN2O2S2. The number of nitrogens with zero attached hydrogens (tertiary/aromatic N) is 1. The van der Waals surface area contributed by atoms with Crippen LogP contribution in [0.4, 0.5) is 0 Å². The Balaban J connectivity index is 2.04. The van der Waals surface area contributed by atoms with Gasteiger partial charge in [-0.3, -0.25) is 0 Å². The third-order valence-corrected chi connectivity index (χ3v) is 6.23. The van der Waals surface area contributed by atoms with Crippen molar-refractivity contribution < 1.29 is 8.42 Å². The number of thiazole rings is 1. The lowest BCUT2D eigenvalue weighted by Crippen LogP contribution is -2.33. The van der Waals surface area contributed by atoms with Crippen LogP contribution >= 0.6 is 38.9 Å². The lowest BCUT2D eigenvalue weighted by atomic mass is 10.1. The molecule has 1 atom stereocenters. The first-order chi connectivity index (χ1) is 9.37. The molecule has 1 N–H and O–H groups in total. The van der Waals surface area contributed by atoms with Crippen LogP contribution in [0.3, 0.4) is 0 Å². The van der Waals surface area contributed by atoms with Gasteiger partial charge in [-0.25, -0.2) is 18.1 Å². The molecule has 0 bridgehead atoms. The summed E-state index contributed by atoms with van der Waals surface area (Å²) in [6, 6.07) is 7.55. The predicted molar refractivity (Wildman–Crippen MR) is 84.8 cm³/mol. The Labute approximate surface area is 135 Å². The average Bonchev–Trinajstić information content (AvgIpc) is 2.79. The van der Waals surface area contributed by atoms with Gasteiger partial charge in [-0.15, -0.1) is 0 Å². The molecule has 0 spiro atoms. The number of hydrogen-bond acceptors (Lipinski definition) is 4. The number of nitrogens with one attached hydrogen (secondary N) is 1.